The standard InChI is InChI=1S/C18H25ClO3.C17H23ClO3.C17H27ClO2.C17H25ClO2.2C10H18O.2C9H18O.C7H14O.CH3.Pd/c1-5-6-7-8-12(2)9-10-22-16-11-15(21)17(14(4)20)13(3)18(16)19;1-4-5-6-7-11(2)8-9-13-16(20)14(10-19)12(3)15(18)17(13)21;2*1-5-6-7-8-11(2)9-10-14-16(19)13(4)12(3)15(18)17(14)20;2*1-4-5-6-7-9(2)8-10(3)11;2*1-3-4-5-6-9(2)7-8-10;1-3-4-5-6-7(2)8;;/h9,11,21H,5-8,10H2,1-4H3;8,10,20-21H,4-7,9H2,1-3H3;11,19-20H,5-10H2,1-4H3;9,19-20H,5-8,10H2,1-4H3;2*8H,4-7H2,1-3H3;2*7,10H,3-6,8H2,1-2H3;3-6H2,1-2H3;1H3;/q;;;;;;;;;-1;/b12-9+;11-8-;;11-9+;9-8+;9-8-;9-7+;9-7-;;;. The number of carbonyl (C=O) groups is 5. The molecule has 15 nitrogen and oxygen atoms in total. The Hall–Kier alpha value is -6.45. The minimum Gasteiger partial charge on any atom is -0.507 e. The zero-order valence-electron chi connectivity index (χ0n) is 89.5. The summed E-state index contributed by atoms with van der Waals surface area (Å²) in [6.45, 7) is 53.9. The van der Waals surface area contributed by atoms with E-state index in [1.165, 1.54) is 219 Å². The molecule has 135 heavy (non-hydrogen) atoms. The van der Waals surface area contributed by atoms with Gasteiger partial charge in [0.05, 0.1) is 44.4 Å². The molecule has 0 fully saturated rings. The molecule has 0 heterocycles. The molecule has 0 aliphatic carbocycles. The summed E-state index contributed by atoms with van der Waals surface area (Å²) in [5.74, 6) is 1.43. The Balaban J connectivity index is -0.000000278. The van der Waals surface area contributed by atoms with Crippen molar-refractivity contribution in [3.8, 4) is 46.0 Å². The Bertz CT molecular complexity index is 4040. The van der Waals surface area contributed by atoms with Gasteiger partial charge in [-0.05, 0) is 297 Å². The fraction of sp³-hybridized carbons (Fsp3) is 0.617. The van der Waals surface area contributed by atoms with Crippen molar-refractivity contribution in [1.29, 1.82) is 0 Å². The molecule has 778 valence electrons. The average molecular weight is 2060 g/mol. The molecule has 9 N–H and O–H groups in total. The Labute approximate surface area is 856 Å². The number of halogens is 4. The molecule has 0 amide bonds. The van der Waals surface area contributed by atoms with Crippen LogP contribution in [-0.2, 0) is 54.1 Å². The second-order valence-corrected chi connectivity index (χ2v) is 37.4. The molecule has 4 aromatic rings. The van der Waals surface area contributed by atoms with Crippen LogP contribution >= 0.6 is 46.4 Å². The summed E-state index contributed by atoms with van der Waals surface area (Å²) in [6.07, 6.45) is 59.0. The van der Waals surface area contributed by atoms with E-state index in [0.29, 0.717) is 92.5 Å². The topological polar surface area (TPSA) is 277 Å². The summed E-state index contributed by atoms with van der Waals surface area (Å²) >= 11 is 24.5. The number of aliphatic hydroxyl groups excluding tert-OH is 2. The van der Waals surface area contributed by atoms with Gasteiger partial charge in [-0.25, -0.2) is 0 Å². The number of carbonyl (C=O) groups excluding carboxylic acids is 5. The zero-order valence-corrected chi connectivity index (χ0v) is 94.1. The van der Waals surface area contributed by atoms with Gasteiger partial charge in [-0.1, -0.05) is 307 Å². The SMILES string of the molecule is CCCCC/C(C)=C/C(C)=O.CCCCC/C(C)=C/CO.CCCCC/C(C)=C/COc1cc(O)c(C(C)=O)c(C)c1Cl.CCCCC/C(C)=C/Cc1c(O)c(C)c(C)c(Cl)c1O.CCCCC/C(C)=C\C(C)=O.CCCCC/C(C)=C\CO.CCCCC/C(C)=C\Cc1c(O)c(Cl)c(C)c(C=O)c1O.CCCCCC(C)=O.CCCCCC(C)CCc1c(O)c(C)c(C)c(Cl)c1O.[CH3-].[Pd]. The monoisotopic (exact) mass is 2060 g/mol. The second kappa shape index (κ2) is 88.9. The van der Waals surface area contributed by atoms with Gasteiger partial charge in [-0.2, -0.15) is 0 Å². The van der Waals surface area contributed by atoms with Crippen LogP contribution in [0.15, 0.2) is 87.6 Å². The van der Waals surface area contributed by atoms with E-state index in [-0.39, 0.29) is 115 Å². The van der Waals surface area contributed by atoms with Gasteiger partial charge in [0.2, 0.25) is 0 Å². The van der Waals surface area contributed by atoms with Crippen LogP contribution in [0, 0.1) is 54.9 Å². The normalized spacial score (nSPS) is 11.6. The van der Waals surface area contributed by atoms with E-state index in [2.05, 4.69) is 103 Å². The molecule has 0 spiro atoms. The van der Waals surface area contributed by atoms with Crippen LogP contribution in [0.2, 0.25) is 20.1 Å². The van der Waals surface area contributed by atoms with Crippen molar-refractivity contribution in [3.63, 3.8) is 0 Å². The summed E-state index contributed by atoms with van der Waals surface area (Å²) in [6, 6.07) is 1.41. The number of Topliss-reactive ketones (excluding diaryl/α,β-unsaturated/α-hetero) is 2. The van der Waals surface area contributed by atoms with Crippen molar-refractivity contribution in [2.45, 2.75) is 444 Å². The number of phenols is 7. The van der Waals surface area contributed by atoms with E-state index >= 15 is 0 Å². The first-order valence-corrected chi connectivity index (χ1v) is 51.4. The smallest absolute Gasteiger partial charge is 0.163 e. The second-order valence-electron chi connectivity index (χ2n) is 35.9. The molecule has 1 atom stereocenters. The number of allylic oxidation sites excluding steroid dienone is 11. The predicted molar refractivity (Wildman–Crippen MR) is 578 cm³/mol. The largest absolute Gasteiger partial charge is 0.507 e. The summed E-state index contributed by atoms with van der Waals surface area (Å²) in [4.78, 5) is 54.1. The van der Waals surface area contributed by atoms with Crippen LogP contribution in [0.3, 0.4) is 0 Å². The van der Waals surface area contributed by atoms with E-state index in [9.17, 15) is 59.7 Å². The molecular weight excluding hydrogens is 1870 g/mol. The van der Waals surface area contributed by atoms with Gasteiger partial charge in [0.25, 0.3) is 0 Å². The maximum Gasteiger partial charge on any atom is 0.163 e. The van der Waals surface area contributed by atoms with Gasteiger partial charge in [-0.3, -0.25) is 19.2 Å². The van der Waals surface area contributed by atoms with Crippen molar-refractivity contribution in [1.82, 2.24) is 0 Å². The molecule has 0 radical (unpaired) electrons. The predicted octanol–water partition coefficient (Wildman–Crippen LogP) is 35.2. The number of aliphatic hydroxyl groups is 2. The molecule has 4 aromatic carbocycles. The van der Waals surface area contributed by atoms with Gasteiger partial charge in [-0.15, -0.1) is 0 Å². The van der Waals surface area contributed by atoms with Gasteiger partial charge < -0.3 is 62.9 Å². The first kappa shape index (κ1) is 142. The van der Waals surface area contributed by atoms with Crippen molar-refractivity contribution in [2.24, 2.45) is 5.92 Å². The molecule has 0 saturated carbocycles. The Kier molecular flexibility index (Phi) is 93.3. The molecule has 0 aromatic heterocycles. The quantitative estimate of drug-likeness (QED) is 0.00378. The molecular formula is C115H189Cl4O15Pd-. The van der Waals surface area contributed by atoms with Crippen LogP contribution in [0.4, 0.5) is 0 Å². The third-order valence-electron chi connectivity index (χ3n) is 23.0. The first-order valence-electron chi connectivity index (χ1n) is 49.9. The van der Waals surface area contributed by atoms with Crippen LogP contribution < -0.4 is 4.74 Å². The molecule has 0 bridgehead atoms. The fourth-order valence-corrected chi connectivity index (χ4v) is 14.8. The van der Waals surface area contributed by atoms with Crippen LogP contribution in [0.25, 0.3) is 0 Å². The number of unbranched alkanes of at least 4 members (excludes halogenated alkanes) is 18. The third kappa shape index (κ3) is 68.3. The van der Waals surface area contributed by atoms with Crippen molar-refractivity contribution in [3.05, 3.63) is 176 Å². The number of aldehydes is 1. The fourth-order valence-electron chi connectivity index (χ4n) is 13.9. The Morgan fingerprint density at radius 2 is 0.652 bits per heavy atom. The first-order chi connectivity index (χ1) is 62.8. The molecule has 0 saturated heterocycles. The van der Waals surface area contributed by atoms with Crippen molar-refractivity contribution >= 4 is 75.8 Å². The Morgan fingerprint density at radius 3 is 0.970 bits per heavy atom. The van der Waals surface area contributed by atoms with E-state index in [1.807, 2.05) is 65.8 Å². The molecule has 4 rings (SSSR count). The van der Waals surface area contributed by atoms with E-state index in [0.717, 1.165) is 92.9 Å². The van der Waals surface area contributed by atoms with Gasteiger partial charge in [0.1, 0.15) is 58.4 Å². The number of ether oxygens (including phenoxy) is 1. The van der Waals surface area contributed by atoms with Gasteiger partial charge >= 0.3 is 0 Å². The Morgan fingerprint density at radius 1 is 0.356 bits per heavy atom. The molecule has 1 unspecified atom stereocenters. The van der Waals surface area contributed by atoms with Gasteiger partial charge in [0, 0.05) is 49.6 Å². The zero-order chi connectivity index (χ0) is 103. The molecule has 0 aliphatic heterocycles. The molecule has 0 aliphatic rings. The van der Waals surface area contributed by atoms with Crippen molar-refractivity contribution < 1.29 is 95.1 Å². The summed E-state index contributed by atoms with van der Waals surface area (Å²) in [7, 11) is 0. The summed E-state index contributed by atoms with van der Waals surface area (Å²) < 4.78 is 5.63. The minimum atomic E-state index is -0.213. The van der Waals surface area contributed by atoms with E-state index in [4.69, 9.17) is 61.4 Å². The maximum atomic E-state index is 11.5. The summed E-state index contributed by atoms with van der Waals surface area (Å²) in [5, 5.41) is 88.9. The van der Waals surface area contributed by atoms with Gasteiger partial charge in [0.15, 0.2) is 23.6 Å². The van der Waals surface area contributed by atoms with Crippen LogP contribution in [0.5, 0.6) is 46.0 Å². The van der Waals surface area contributed by atoms with E-state index < -0.39 is 0 Å². The number of benzene rings is 4. The molecule has 20 heteroatoms. The maximum absolute atomic E-state index is 11.5. The number of hydrogen-bond acceptors (Lipinski definition) is 15. The number of aromatic hydroxyl groups is 7. The van der Waals surface area contributed by atoms with Crippen LogP contribution in [-0.4, -0.2) is 95.2 Å². The third-order valence-corrected chi connectivity index (χ3v) is 24.9. The average Bonchev–Trinajstić information content (AvgIpc) is 0.812. The van der Waals surface area contributed by atoms with Crippen LogP contribution in [0.1, 0.15) is 454 Å². The van der Waals surface area contributed by atoms with E-state index in [1.54, 1.807) is 53.7 Å². The van der Waals surface area contributed by atoms with Crippen molar-refractivity contribution in [2.75, 3.05) is 19.8 Å². The summed E-state index contributed by atoms with van der Waals surface area (Å²) in [5.41, 5.74) is 14.6. The number of hydrogen-bond donors (Lipinski definition) is 9. The number of rotatable bonds is 52. The number of phenolic OH excluding ortho intramolecular Hbond substituents is 7. The minimum absolute atomic E-state index is 0. The number of ketones is 4.